The van der Waals surface area contributed by atoms with Crippen LogP contribution in [-0.4, -0.2) is 11.7 Å². The van der Waals surface area contributed by atoms with Crippen molar-refractivity contribution < 1.29 is 5.11 Å². The minimum Gasteiger partial charge on any atom is -0.384 e. The molecule has 0 heterocycles. The second-order valence-corrected chi connectivity index (χ2v) is 4.43. The van der Waals surface area contributed by atoms with Gasteiger partial charge in [-0.3, -0.25) is 0 Å². The first kappa shape index (κ1) is 11.0. The van der Waals surface area contributed by atoms with Gasteiger partial charge in [-0.2, -0.15) is 0 Å². The number of halogens is 2. The van der Waals surface area contributed by atoms with Crippen LogP contribution in [0.4, 0.5) is 0 Å². The maximum absolute atomic E-state index is 9.84. The molecule has 13 heavy (non-hydrogen) atoms. The van der Waals surface area contributed by atoms with Crippen LogP contribution < -0.4 is 5.73 Å². The second-order valence-electron chi connectivity index (χ2n) is 3.10. The summed E-state index contributed by atoms with van der Waals surface area (Å²) in [6, 6.07) is 5.33. The Bertz CT molecular complexity index is 314. The van der Waals surface area contributed by atoms with Crippen LogP contribution >= 0.6 is 27.5 Å². The second kappa shape index (κ2) is 3.96. The van der Waals surface area contributed by atoms with Crippen LogP contribution in [0.1, 0.15) is 12.5 Å². The van der Waals surface area contributed by atoms with Crippen LogP contribution in [0.25, 0.3) is 0 Å². The minimum absolute atomic E-state index is 0.147. The Labute approximate surface area is 90.8 Å². The average Bonchev–Trinajstić information content (AvgIpc) is 2.03. The van der Waals surface area contributed by atoms with Crippen molar-refractivity contribution in [3.8, 4) is 0 Å². The van der Waals surface area contributed by atoms with Gasteiger partial charge in [-0.1, -0.05) is 33.6 Å². The van der Waals surface area contributed by atoms with Crippen LogP contribution in [0.5, 0.6) is 0 Å². The van der Waals surface area contributed by atoms with E-state index in [0.29, 0.717) is 10.6 Å². The van der Waals surface area contributed by atoms with Crippen molar-refractivity contribution in [2.24, 2.45) is 5.73 Å². The van der Waals surface area contributed by atoms with E-state index in [2.05, 4.69) is 15.9 Å². The van der Waals surface area contributed by atoms with Gasteiger partial charge >= 0.3 is 0 Å². The highest BCUT2D eigenvalue weighted by molar-refractivity contribution is 9.10. The van der Waals surface area contributed by atoms with E-state index in [0.717, 1.165) is 4.47 Å². The van der Waals surface area contributed by atoms with Gasteiger partial charge in [-0.25, -0.2) is 0 Å². The topological polar surface area (TPSA) is 46.2 Å². The number of nitrogens with two attached hydrogens (primary N) is 1. The number of rotatable bonds is 2. The Balaban J connectivity index is 3.16. The first-order chi connectivity index (χ1) is 5.97. The molecule has 0 saturated carbocycles. The zero-order valence-electron chi connectivity index (χ0n) is 7.22. The van der Waals surface area contributed by atoms with Gasteiger partial charge < -0.3 is 10.8 Å². The Hall–Kier alpha value is -0.0900. The molecule has 2 nitrogen and oxygen atoms in total. The fourth-order valence-electron chi connectivity index (χ4n) is 1.04. The van der Waals surface area contributed by atoms with Crippen LogP contribution in [0.3, 0.4) is 0 Å². The molecule has 1 rings (SSSR count). The lowest BCUT2D eigenvalue weighted by Gasteiger charge is -2.22. The van der Waals surface area contributed by atoms with E-state index in [1.165, 1.54) is 0 Å². The average molecular weight is 265 g/mol. The zero-order valence-corrected chi connectivity index (χ0v) is 9.56. The van der Waals surface area contributed by atoms with Crippen LogP contribution in [0.15, 0.2) is 22.7 Å². The Kier molecular flexibility index (Phi) is 3.35. The van der Waals surface area contributed by atoms with E-state index in [-0.39, 0.29) is 6.54 Å². The van der Waals surface area contributed by atoms with Crippen LogP contribution in [0.2, 0.25) is 5.02 Å². The van der Waals surface area contributed by atoms with Gasteiger partial charge in [0.2, 0.25) is 0 Å². The van der Waals surface area contributed by atoms with Crippen molar-refractivity contribution in [3.05, 3.63) is 33.3 Å². The van der Waals surface area contributed by atoms with Crippen molar-refractivity contribution in [2.45, 2.75) is 12.5 Å². The van der Waals surface area contributed by atoms with Gasteiger partial charge in [0.05, 0.1) is 0 Å². The third-order valence-corrected chi connectivity index (χ3v) is 2.71. The summed E-state index contributed by atoms with van der Waals surface area (Å²) in [6.07, 6.45) is 0. The van der Waals surface area contributed by atoms with Gasteiger partial charge in [0.1, 0.15) is 5.60 Å². The predicted octanol–water partition coefficient (Wildman–Crippen LogP) is 2.27. The molecule has 0 spiro atoms. The molecule has 4 heteroatoms. The molecule has 0 fully saturated rings. The van der Waals surface area contributed by atoms with E-state index >= 15 is 0 Å². The normalized spacial score (nSPS) is 15.5. The number of hydrogen-bond acceptors (Lipinski definition) is 2. The molecule has 0 saturated heterocycles. The van der Waals surface area contributed by atoms with Crippen molar-refractivity contribution in [3.63, 3.8) is 0 Å². The Morgan fingerprint density at radius 1 is 1.62 bits per heavy atom. The Morgan fingerprint density at radius 2 is 2.23 bits per heavy atom. The summed E-state index contributed by atoms with van der Waals surface area (Å²) in [7, 11) is 0. The minimum atomic E-state index is -1.06. The molecular weight excluding hydrogens is 253 g/mol. The van der Waals surface area contributed by atoms with Crippen molar-refractivity contribution >= 4 is 27.5 Å². The highest BCUT2D eigenvalue weighted by Crippen LogP contribution is 2.29. The van der Waals surface area contributed by atoms with Gasteiger partial charge in [0, 0.05) is 21.6 Å². The third-order valence-electron chi connectivity index (χ3n) is 1.91. The van der Waals surface area contributed by atoms with Gasteiger partial charge in [0.15, 0.2) is 0 Å². The quantitative estimate of drug-likeness (QED) is 0.861. The third kappa shape index (κ3) is 2.44. The maximum atomic E-state index is 9.84. The lowest BCUT2D eigenvalue weighted by Crippen LogP contribution is -2.31. The first-order valence-corrected chi connectivity index (χ1v) is 5.02. The van der Waals surface area contributed by atoms with E-state index < -0.39 is 5.60 Å². The Morgan fingerprint density at radius 3 is 2.69 bits per heavy atom. The molecule has 1 aromatic rings. The summed E-state index contributed by atoms with van der Waals surface area (Å²) in [4.78, 5) is 0. The monoisotopic (exact) mass is 263 g/mol. The fraction of sp³-hybridized carbons (Fsp3) is 0.333. The summed E-state index contributed by atoms with van der Waals surface area (Å²) < 4.78 is 0.883. The molecule has 0 aliphatic rings. The molecule has 1 atom stereocenters. The molecule has 0 aliphatic carbocycles. The molecule has 0 radical (unpaired) electrons. The highest BCUT2D eigenvalue weighted by Gasteiger charge is 2.23. The van der Waals surface area contributed by atoms with Crippen molar-refractivity contribution in [1.29, 1.82) is 0 Å². The molecule has 0 bridgehead atoms. The summed E-state index contributed by atoms with van der Waals surface area (Å²) in [6.45, 7) is 1.79. The predicted molar refractivity (Wildman–Crippen MR) is 57.8 cm³/mol. The molecule has 3 N–H and O–H groups in total. The standard InChI is InChI=1S/C9H11BrClNO/c1-9(13,5-12)7-3-2-6(10)4-8(7)11/h2-4,13H,5,12H2,1H3. The summed E-state index contributed by atoms with van der Waals surface area (Å²) in [5, 5.41) is 10.4. The van der Waals surface area contributed by atoms with E-state index in [1.54, 1.807) is 19.1 Å². The van der Waals surface area contributed by atoms with E-state index in [9.17, 15) is 5.11 Å². The van der Waals surface area contributed by atoms with Gasteiger partial charge in [-0.05, 0) is 19.1 Å². The van der Waals surface area contributed by atoms with E-state index in [1.807, 2.05) is 6.07 Å². The van der Waals surface area contributed by atoms with Gasteiger partial charge in [-0.15, -0.1) is 0 Å². The SMILES string of the molecule is CC(O)(CN)c1ccc(Br)cc1Cl. The summed E-state index contributed by atoms with van der Waals surface area (Å²) in [5.41, 5.74) is 5.02. The fourth-order valence-corrected chi connectivity index (χ4v) is 1.91. The lowest BCUT2D eigenvalue weighted by molar-refractivity contribution is 0.0669. The summed E-state index contributed by atoms with van der Waals surface area (Å²) >= 11 is 9.23. The smallest absolute Gasteiger partial charge is 0.100 e. The molecule has 0 amide bonds. The molecule has 1 aromatic carbocycles. The van der Waals surface area contributed by atoms with Crippen molar-refractivity contribution in [1.82, 2.24) is 0 Å². The van der Waals surface area contributed by atoms with Crippen molar-refractivity contribution in [2.75, 3.05) is 6.54 Å². The van der Waals surface area contributed by atoms with Crippen LogP contribution in [0, 0.1) is 0 Å². The summed E-state index contributed by atoms with van der Waals surface area (Å²) in [5.74, 6) is 0. The van der Waals surface area contributed by atoms with Crippen LogP contribution in [-0.2, 0) is 5.60 Å². The first-order valence-electron chi connectivity index (χ1n) is 3.85. The lowest BCUT2D eigenvalue weighted by atomic mass is 9.96. The number of benzene rings is 1. The zero-order chi connectivity index (χ0) is 10.1. The largest absolute Gasteiger partial charge is 0.384 e. The van der Waals surface area contributed by atoms with E-state index in [4.69, 9.17) is 17.3 Å². The molecule has 72 valence electrons. The molecule has 0 aromatic heterocycles. The molecular formula is C9H11BrClNO. The molecule has 1 unspecified atom stereocenters. The van der Waals surface area contributed by atoms with Gasteiger partial charge in [0.25, 0.3) is 0 Å². The number of hydrogen-bond donors (Lipinski definition) is 2. The molecule has 0 aliphatic heterocycles. The maximum Gasteiger partial charge on any atom is 0.100 e. The highest BCUT2D eigenvalue weighted by atomic mass is 79.9. The number of aliphatic hydroxyl groups is 1.